The van der Waals surface area contributed by atoms with Gasteiger partial charge in [-0.1, -0.05) is 127 Å². The van der Waals surface area contributed by atoms with Crippen LogP contribution in [-0.2, 0) is 0 Å². The van der Waals surface area contributed by atoms with Crippen LogP contribution in [0.3, 0.4) is 0 Å². The Morgan fingerprint density at radius 2 is 1.10 bits per heavy atom. The van der Waals surface area contributed by atoms with Crippen LogP contribution in [0.2, 0.25) is 0 Å². The molecule has 1 aliphatic rings. The third-order valence-electron chi connectivity index (χ3n) is 10.0. The Morgan fingerprint density at radius 3 is 1.94 bits per heavy atom. The van der Waals surface area contributed by atoms with Crippen molar-refractivity contribution in [1.29, 1.82) is 0 Å². The maximum atomic E-state index is 5.24. The predicted molar refractivity (Wildman–Crippen MR) is 205 cm³/mol. The standard InChI is InChI=1S/C46H31N3/c1-3-13-36-30(10-1)12-9-17-37(36)32-20-22-33(23-21-32)45-39-15-5-7-18-41(39)47-46(48-45)34-24-27-35(28-25-34)49-42-19-8-6-16-40(42)44-38-14-4-2-11-31(38)26-29-43(44)49/h1-4,6,8-29H,5,7H2. The second-order valence-corrected chi connectivity index (χ2v) is 12.9. The maximum Gasteiger partial charge on any atom is 0.160 e. The third-order valence-corrected chi connectivity index (χ3v) is 10.0. The molecule has 3 heteroatoms. The molecule has 3 nitrogen and oxygen atoms in total. The van der Waals surface area contributed by atoms with E-state index in [1.807, 2.05) is 0 Å². The molecule has 7 aromatic carbocycles. The first-order valence-electron chi connectivity index (χ1n) is 17.0. The van der Waals surface area contributed by atoms with Gasteiger partial charge in [-0.15, -0.1) is 0 Å². The van der Waals surface area contributed by atoms with Crippen molar-refractivity contribution in [2.24, 2.45) is 0 Å². The van der Waals surface area contributed by atoms with Crippen molar-refractivity contribution in [2.75, 3.05) is 0 Å². The molecule has 0 spiro atoms. The number of nitrogens with zero attached hydrogens (tertiary/aromatic N) is 3. The van der Waals surface area contributed by atoms with Crippen molar-refractivity contribution >= 4 is 55.5 Å². The summed E-state index contributed by atoms with van der Waals surface area (Å²) in [6.07, 6.45) is 6.54. The molecule has 0 amide bonds. The fourth-order valence-corrected chi connectivity index (χ4v) is 7.70. The largest absolute Gasteiger partial charge is 0.309 e. The van der Waals surface area contributed by atoms with Crippen LogP contribution in [0.1, 0.15) is 12.8 Å². The normalized spacial score (nSPS) is 12.7. The minimum absolute atomic E-state index is 0.748. The van der Waals surface area contributed by atoms with E-state index in [0.29, 0.717) is 0 Å². The number of hydrogen-bond acceptors (Lipinski definition) is 2. The minimum atomic E-state index is 0.748. The van der Waals surface area contributed by atoms with Crippen LogP contribution in [-0.4, -0.2) is 14.5 Å². The molecule has 49 heavy (non-hydrogen) atoms. The highest BCUT2D eigenvalue weighted by Crippen LogP contribution is 2.37. The van der Waals surface area contributed by atoms with Gasteiger partial charge in [0, 0.05) is 32.8 Å². The molecule has 0 radical (unpaired) electrons. The summed E-state index contributed by atoms with van der Waals surface area (Å²) in [6, 6.07) is 54.5. The number of fused-ring (bicyclic) bond motifs is 7. The summed E-state index contributed by atoms with van der Waals surface area (Å²) >= 11 is 0. The number of aromatic nitrogens is 3. The highest BCUT2D eigenvalue weighted by Gasteiger charge is 2.16. The smallest absolute Gasteiger partial charge is 0.160 e. The van der Waals surface area contributed by atoms with Gasteiger partial charge in [0.2, 0.25) is 0 Å². The molecule has 0 aliphatic heterocycles. The highest BCUT2D eigenvalue weighted by molar-refractivity contribution is 6.21. The SMILES string of the molecule is C1=c2nc(-c3ccc(-n4c5ccccc5c5c6ccccc6ccc54)cc3)nc(-c3ccc(-c4cccc5ccccc45)cc3)c2=CCC1. The summed E-state index contributed by atoms with van der Waals surface area (Å²) < 4.78 is 2.38. The zero-order valence-corrected chi connectivity index (χ0v) is 26.8. The first-order valence-corrected chi connectivity index (χ1v) is 17.0. The van der Waals surface area contributed by atoms with Crippen molar-refractivity contribution in [1.82, 2.24) is 14.5 Å². The highest BCUT2D eigenvalue weighted by atomic mass is 15.0. The Bertz CT molecular complexity index is 2860. The van der Waals surface area contributed by atoms with Crippen LogP contribution in [0.4, 0.5) is 0 Å². The summed E-state index contributed by atoms with van der Waals surface area (Å²) in [4.78, 5) is 10.3. The van der Waals surface area contributed by atoms with E-state index in [-0.39, 0.29) is 0 Å². The molecule has 0 saturated carbocycles. The first kappa shape index (κ1) is 27.8. The van der Waals surface area contributed by atoms with Gasteiger partial charge >= 0.3 is 0 Å². The lowest BCUT2D eigenvalue weighted by Gasteiger charge is -2.12. The molecule has 2 heterocycles. The molecule has 9 aromatic rings. The van der Waals surface area contributed by atoms with Crippen LogP contribution in [0.5, 0.6) is 0 Å². The molecule has 0 unspecified atom stereocenters. The van der Waals surface area contributed by atoms with Crippen LogP contribution in [0, 0.1) is 0 Å². The number of rotatable bonds is 4. The first-order chi connectivity index (χ1) is 24.3. The molecule has 1 aliphatic carbocycles. The van der Waals surface area contributed by atoms with Gasteiger partial charge in [-0.3, -0.25) is 0 Å². The van der Waals surface area contributed by atoms with Crippen molar-refractivity contribution in [3.05, 3.63) is 162 Å². The van der Waals surface area contributed by atoms with E-state index in [0.717, 1.165) is 51.7 Å². The Morgan fingerprint density at radius 1 is 0.449 bits per heavy atom. The minimum Gasteiger partial charge on any atom is -0.309 e. The van der Waals surface area contributed by atoms with Gasteiger partial charge in [-0.05, 0) is 81.9 Å². The zero-order valence-electron chi connectivity index (χ0n) is 26.8. The fourth-order valence-electron chi connectivity index (χ4n) is 7.70. The number of benzene rings is 7. The van der Waals surface area contributed by atoms with E-state index < -0.39 is 0 Å². The third kappa shape index (κ3) is 4.51. The molecular formula is C46H31N3. The second-order valence-electron chi connectivity index (χ2n) is 12.9. The lowest BCUT2D eigenvalue weighted by Crippen LogP contribution is -2.33. The van der Waals surface area contributed by atoms with Gasteiger partial charge in [-0.25, -0.2) is 9.97 Å². The van der Waals surface area contributed by atoms with Crippen LogP contribution < -0.4 is 10.6 Å². The van der Waals surface area contributed by atoms with E-state index in [2.05, 4.69) is 168 Å². The van der Waals surface area contributed by atoms with Crippen LogP contribution in [0.25, 0.3) is 95.0 Å². The lowest BCUT2D eigenvalue weighted by atomic mass is 9.96. The van der Waals surface area contributed by atoms with E-state index in [4.69, 9.17) is 9.97 Å². The molecule has 0 saturated heterocycles. The van der Waals surface area contributed by atoms with Gasteiger partial charge in [0.1, 0.15) is 0 Å². The van der Waals surface area contributed by atoms with Gasteiger partial charge in [0.05, 0.1) is 22.1 Å². The Kier molecular flexibility index (Phi) is 6.31. The zero-order chi connectivity index (χ0) is 32.3. The molecule has 230 valence electrons. The van der Waals surface area contributed by atoms with Gasteiger partial charge in [0.25, 0.3) is 0 Å². The van der Waals surface area contributed by atoms with Crippen LogP contribution >= 0.6 is 0 Å². The molecule has 0 fully saturated rings. The Labute approximate surface area is 283 Å². The van der Waals surface area contributed by atoms with Crippen molar-refractivity contribution < 1.29 is 0 Å². The van der Waals surface area contributed by atoms with E-state index in [1.54, 1.807) is 0 Å². The number of hydrogen-bond donors (Lipinski definition) is 0. The van der Waals surface area contributed by atoms with E-state index >= 15 is 0 Å². The van der Waals surface area contributed by atoms with Gasteiger partial charge in [-0.2, -0.15) is 0 Å². The average molecular weight is 626 g/mol. The average Bonchev–Trinajstić information content (AvgIpc) is 3.52. The van der Waals surface area contributed by atoms with Crippen molar-refractivity contribution in [3.8, 4) is 39.5 Å². The van der Waals surface area contributed by atoms with Gasteiger partial charge < -0.3 is 4.57 Å². The lowest BCUT2D eigenvalue weighted by molar-refractivity contribution is 1.04. The molecule has 0 atom stereocenters. The summed E-state index contributed by atoms with van der Waals surface area (Å²) in [7, 11) is 0. The fraction of sp³-hybridized carbons (Fsp3) is 0.0435. The quantitative estimate of drug-likeness (QED) is 0.195. The summed E-state index contributed by atoms with van der Waals surface area (Å²) in [5, 5.41) is 9.75. The summed E-state index contributed by atoms with van der Waals surface area (Å²) in [5.74, 6) is 0.748. The van der Waals surface area contributed by atoms with E-state index in [1.165, 1.54) is 54.5 Å². The molecule has 2 aromatic heterocycles. The van der Waals surface area contributed by atoms with Crippen molar-refractivity contribution in [3.63, 3.8) is 0 Å². The molecular weight excluding hydrogens is 595 g/mol. The molecule has 0 bridgehead atoms. The maximum absolute atomic E-state index is 5.24. The molecule has 0 N–H and O–H groups in total. The summed E-state index contributed by atoms with van der Waals surface area (Å²) in [6.45, 7) is 0. The predicted octanol–water partition coefficient (Wildman–Crippen LogP) is 10.2. The molecule has 10 rings (SSSR count). The van der Waals surface area contributed by atoms with Crippen molar-refractivity contribution in [2.45, 2.75) is 12.8 Å². The topological polar surface area (TPSA) is 30.7 Å². The van der Waals surface area contributed by atoms with Crippen LogP contribution in [0.15, 0.2) is 152 Å². The summed E-state index contributed by atoms with van der Waals surface area (Å²) in [5.41, 5.74) is 9.06. The van der Waals surface area contributed by atoms with E-state index in [9.17, 15) is 0 Å². The Hall–Kier alpha value is -6.32. The van der Waals surface area contributed by atoms with Gasteiger partial charge in [0.15, 0.2) is 5.82 Å². The Balaban J connectivity index is 1.07. The number of para-hydroxylation sites is 1. The second kappa shape index (κ2) is 11.1. The monoisotopic (exact) mass is 625 g/mol.